The number of amides is 2. The number of carbonyl (C=O) groups is 2. The fourth-order valence-electron chi connectivity index (χ4n) is 2.59. The van der Waals surface area contributed by atoms with Crippen molar-refractivity contribution in [2.24, 2.45) is 0 Å². The van der Waals surface area contributed by atoms with Crippen LogP contribution in [0.5, 0.6) is 0 Å². The van der Waals surface area contributed by atoms with Crippen LogP contribution in [0.25, 0.3) is 6.08 Å². The molecule has 2 aromatic rings. The van der Waals surface area contributed by atoms with E-state index >= 15 is 0 Å². The van der Waals surface area contributed by atoms with Crippen molar-refractivity contribution < 1.29 is 9.59 Å². The number of para-hydroxylation sites is 1. The standard InChI is InChI=1S/C18H16ClN3O2/c19-14-3-1-2-4-16(14)22-12-9-15(18(22)24)21-17(23)6-5-13-7-10-20-11-8-13/h1-8,10-11,15H,9,12H2,(H,21,23)/b6-5+/t15-/m1/s1. The molecule has 1 aliphatic heterocycles. The number of hydrogen-bond acceptors (Lipinski definition) is 3. The largest absolute Gasteiger partial charge is 0.341 e. The van der Waals surface area contributed by atoms with Gasteiger partial charge in [-0.25, -0.2) is 0 Å². The molecule has 0 spiro atoms. The Hall–Kier alpha value is -2.66. The van der Waals surface area contributed by atoms with Crippen molar-refractivity contribution in [3.63, 3.8) is 0 Å². The van der Waals surface area contributed by atoms with Crippen LogP contribution in [0.15, 0.2) is 54.9 Å². The maximum Gasteiger partial charge on any atom is 0.249 e. The van der Waals surface area contributed by atoms with Gasteiger partial charge in [-0.15, -0.1) is 0 Å². The van der Waals surface area contributed by atoms with Gasteiger partial charge in [-0.05, 0) is 42.3 Å². The number of aromatic nitrogens is 1. The number of nitrogens with zero attached hydrogens (tertiary/aromatic N) is 2. The summed E-state index contributed by atoms with van der Waals surface area (Å²) < 4.78 is 0. The molecule has 122 valence electrons. The molecule has 2 heterocycles. The number of anilines is 1. The van der Waals surface area contributed by atoms with Gasteiger partial charge in [0.2, 0.25) is 11.8 Å². The van der Waals surface area contributed by atoms with Crippen LogP contribution >= 0.6 is 11.6 Å². The van der Waals surface area contributed by atoms with E-state index in [0.717, 1.165) is 5.56 Å². The van der Waals surface area contributed by atoms with Crippen molar-refractivity contribution in [2.45, 2.75) is 12.5 Å². The highest BCUT2D eigenvalue weighted by Gasteiger charge is 2.33. The Labute approximate surface area is 145 Å². The number of carbonyl (C=O) groups excluding carboxylic acids is 2. The molecule has 1 N–H and O–H groups in total. The lowest BCUT2D eigenvalue weighted by atomic mass is 10.2. The van der Waals surface area contributed by atoms with Crippen molar-refractivity contribution in [3.8, 4) is 0 Å². The van der Waals surface area contributed by atoms with Gasteiger partial charge < -0.3 is 10.2 Å². The molecule has 1 saturated heterocycles. The van der Waals surface area contributed by atoms with Gasteiger partial charge in [-0.3, -0.25) is 14.6 Å². The summed E-state index contributed by atoms with van der Waals surface area (Å²) >= 11 is 6.14. The third kappa shape index (κ3) is 3.63. The second-order valence-corrected chi connectivity index (χ2v) is 5.81. The summed E-state index contributed by atoms with van der Waals surface area (Å²) in [6.07, 6.45) is 6.96. The van der Waals surface area contributed by atoms with Crippen LogP contribution in [-0.4, -0.2) is 29.4 Å². The molecule has 5 nitrogen and oxygen atoms in total. The van der Waals surface area contributed by atoms with Crippen molar-refractivity contribution in [1.82, 2.24) is 10.3 Å². The third-order valence-corrected chi connectivity index (χ3v) is 4.12. The number of pyridine rings is 1. The summed E-state index contributed by atoms with van der Waals surface area (Å²) in [7, 11) is 0. The van der Waals surface area contributed by atoms with Gasteiger partial charge in [-0.1, -0.05) is 23.7 Å². The maximum atomic E-state index is 12.5. The molecule has 1 aromatic carbocycles. The molecule has 2 amide bonds. The van der Waals surface area contributed by atoms with E-state index in [2.05, 4.69) is 10.3 Å². The first-order chi connectivity index (χ1) is 11.6. The number of hydrogen-bond donors (Lipinski definition) is 1. The molecule has 0 radical (unpaired) electrons. The Morgan fingerprint density at radius 2 is 2.00 bits per heavy atom. The van der Waals surface area contributed by atoms with E-state index in [1.165, 1.54) is 6.08 Å². The lowest BCUT2D eigenvalue weighted by Gasteiger charge is -2.18. The second kappa shape index (κ2) is 7.27. The van der Waals surface area contributed by atoms with Crippen LogP contribution < -0.4 is 10.2 Å². The van der Waals surface area contributed by atoms with Crippen LogP contribution in [0.4, 0.5) is 5.69 Å². The molecule has 0 aliphatic carbocycles. The van der Waals surface area contributed by atoms with E-state index in [9.17, 15) is 9.59 Å². The average molecular weight is 342 g/mol. The lowest BCUT2D eigenvalue weighted by molar-refractivity contribution is -0.123. The van der Waals surface area contributed by atoms with Gasteiger partial charge in [0.25, 0.3) is 0 Å². The summed E-state index contributed by atoms with van der Waals surface area (Å²) in [5, 5.41) is 3.27. The highest BCUT2D eigenvalue weighted by Crippen LogP contribution is 2.28. The first-order valence-electron chi connectivity index (χ1n) is 7.59. The number of halogens is 1. The molecule has 1 atom stereocenters. The maximum absolute atomic E-state index is 12.5. The SMILES string of the molecule is O=C(/C=C/c1ccncc1)N[C@@H]1CCN(c2ccccc2Cl)C1=O. The van der Waals surface area contributed by atoms with E-state index in [1.807, 2.05) is 12.1 Å². The molecule has 6 heteroatoms. The first kappa shape index (κ1) is 16.2. The quantitative estimate of drug-likeness (QED) is 0.870. The summed E-state index contributed by atoms with van der Waals surface area (Å²) in [5.41, 5.74) is 1.55. The molecule has 1 aromatic heterocycles. The fourth-order valence-corrected chi connectivity index (χ4v) is 2.83. The van der Waals surface area contributed by atoms with Crippen LogP contribution in [0.3, 0.4) is 0 Å². The Balaban J connectivity index is 1.63. The predicted molar refractivity (Wildman–Crippen MR) is 93.6 cm³/mol. The highest BCUT2D eigenvalue weighted by atomic mass is 35.5. The molecule has 1 fully saturated rings. The monoisotopic (exact) mass is 341 g/mol. The summed E-state index contributed by atoms with van der Waals surface area (Å²) in [5.74, 6) is -0.445. The summed E-state index contributed by atoms with van der Waals surface area (Å²) in [6, 6.07) is 10.2. The Kier molecular flexibility index (Phi) is 4.91. The second-order valence-electron chi connectivity index (χ2n) is 5.41. The molecule has 3 rings (SSSR count). The van der Waals surface area contributed by atoms with Crippen molar-refractivity contribution >= 4 is 35.2 Å². The van der Waals surface area contributed by atoms with Gasteiger partial charge in [0, 0.05) is 25.0 Å². The van der Waals surface area contributed by atoms with Crippen molar-refractivity contribution in [3.05, 3.63) is 65.5 Å². The fraction of sp³-hybridized carbons (Fsp3) is 0.167. The minimum atomic E-state index is -0.532. The minimum Gasteiger partial charge on any atom is -0.341 e. The van der Waals surface area contributed by atoms with Gasteiger partial charge in [-0.2, -0.15) is 0 Å². The zero-order valence-corrected chi connectivity index (χ0v) is 13.6. The molecule has 0 unspecified atom stereocenters. The van der Waals surface area contributed by atoms with E-state index in [0.29, 0.717) is 23.7 Å². The smallest absolute Gasteiger partial charge is 0.249 e. The van der Waals surface area contributed by atoms with Crippen LogP contribution in [0.2, 0.25) is 5.02 Å². The first-order valence-corrected chi connectivity index (χ1v) is 7.97. The zero-order chi connectivity index (χ0) is 16.9. The summed E-state index contributed by atoms with van der Waals surface area (Å²) in [4.78, 5) is 30.0. The summed E-state index contributed by atoms with van der Waals surface area (Å²) in [6.45, 7) is 0.529. The zero-order valence-electron chi connectivity index (χ0n) is 12.9. The number of benzene rings is 1. The number of rotatable bonds is 4. The Bertz CT molecular complexity index is 777. The average Bonchev–Trinajstić information content (AvgIpc) is 2.95. The van der Waals surface area contributed by atoms with Gasteiger partial charge >= 0.3 is 0 Å². The third-order valence-electron chi connectivity index (χ3n) is 3.80. The van der Waals surface area contributed by atoms with Crippen LogP contribution in [0, 0.1) is 0 Å². The van der Waals surface area contributed by atoms with Crippen LogP contribution in [-0.2, 0) is 9.59 Å². The predicted octanol–water partition coefficient (Wildman–Crippen LogP) is 2.67. The number of nitrogens with one attached hydrogen (secondary N) is 1. The van der Waals surface area contributed by atoms with Gasteiger partial charge in [0.15, 0.2) is 0 Å². The molecular weight excluding hydrogens is 326 g/mol. The molecule has 24 heavy (non-hydrogen) atoms. The van der Waals surface area contributed by atoms with E-state index in [1.54, 1.807) is 47.6 Å². The van der Waals surface area contributed by atoms with Gasteiger partial charge in [0.1, 0.15) is 6.04 Å². The molecule has 0 saturated carbocycles. The van der Waals surface area contributed by atoms with Crippen LogP contribution in [0.1, 0.15) is 12.0 Å². The highest BCUT2D eigenvalue weighted by molar-refractivity contribution is 6.34. The molecule has 0 bridgehead atoms. The van der Waals surface area contributed by atoms with Crippen molar-refractivity contribution in [2.75, 3.05) is 11.4 Å². The Morgan fingerprint density at radius 3 is 2.75 bits per heavy atom. The minimum absolute atomic E-state index is 0.145. The lowest BCUT2D eigenvalue weighted by Crippen LogP contribution is -2.40. The van der Waals surface area contributed by atoms with Gasteiger partial charge in [0.05, 0.1) is 10.7 Å². The molecule has 1 aliphatic rings. The van der Waals surface area contributed by atoms with Crippen molar-refractivity contribution in [1.29, 1.82) is 0 Å². The van der Waals surface area contributed by atoms with E-state index < -0.39 is 6.04 Å². The topological polar surface area (TPSA) is 62.3 Å². The normalized spacial score (nSPS) is 17.5. The van der Waals surface area contributed by atoms with E-state index in [-0.39, 0.29) is 11.8 Å². The Morgan fingerprint density at radius 1 is 1.25 bits per heavy atom. The molecular formula is C18H16ClN3O2. The van der Waals surface area contributed by atoms with E-state index in [4.69, 9.17) is 11.6 Å².